The second-order valence-electron chi connectivity index (χ2n) is 4.52. The maximum Gasteiger partial charge on any atom is 0.194 e. The fourth-order valence-corrected chi connectivity index (χ4v) is 1.80. The molecule has 1 unspecified atom stereocenters. The maximum atomic E-state index is 12.1. The highest BCUT2D eigenvalue weighted by atomic mass is 16.3. The van der Waals surface area contributed by atoms with Gasteiger partial charge in [0.25, 0.3) is 0 Å². The third kappa shape index (κ3) is 2.22. The third-order valence-corrected chi connectivity index (χ3v) is 3.19. The number of fused-ring (bicyclic) bond motifs is 1. The number of aliphatic hydroxyl groups is 1. The summed E-state index contributed by atoms with van der Waals surface area (Å²) in [5.41, 5.74) is -0.710. The summed E-state index contributed by atoms with van der Waals surface area (Å²) in [6.45, 7) is 3.36. The van der Waals surface area contributed by atoms with Gasteiger partial charge in [-0.3, -0.25) is 4.79 Å². The van der Waals surface area contributed by atoms with E-state index in [1.807, 2.05) is 36.4 Å². The lowest BCUT2D eigenvalue weighted by Gasteiger charge is -2.19. The summed E-state index contributed by atoms with van der Waals surface area (Å²) in [5, 5.41) is 12.1. The lowest BCUT2D eigenvalue weighted by molar-refractivity contribution is 0.0391. The lowest BCUT2D eigenvalue weighted by Crippen LogP contribution is -2.34. The first kappa shape index (κ1) is 11.8. The molecule has 0 bridgehead atoms. The van der Waals surface area contributed by atoms with Gasteiger partial charge < -0.3 is 5.11 Å². The zero-order valence-electron chi connectivity index (χ0n) is 10.1. The van der Waals surface area contributed by atoms with Gasteiger partial charge in [0.15, 0.2) is 5.78 Å². The van der Waals surface area contributed by atoms with Crippen LogP contribution in [0.25, 0.3) is 10.8 Å². The van der Waals surface area contributed by atoms with Gasteiger partial charge in [0.1, 0.15) is 5.60 Å². The van der Waals surface area contributed by atoms with Gasteiger partial charge in [-0.15, -0.1) is 0 Å². The van der Waals surface area contributed by atoms with Crippen LogP contribution in [0.5, 0.6) is 0 Å². The molecule has 0 aliphatic rings. The summed E-state index contributed by atoms with van der Waals surface area (Å²) in [4.78, 5) is 12.1. The van der Waals surface area contributed by atoms with E-state index >= 15 is 0 Å². The SMILES string of the molecule is CCC(C)(O)C(=O)c1ccc2ccccc2c1. The molecule has 1 atom stereocenters. The van der Waals surface area contributed by atoms with E-state index in [1.165, 1.54) is 0 Å². The Morgan fingerprint density at radius 3 is 2.47 bits per heavy atom. The minimum atomic E-state index is -1.28. The van der Waals surface area contributed by atoms with Gasteiger partial charge in [-0.05, 0) is 30.2 Å². The van der Waals surface area contributed by atoms with Gasteiger partial charge in [0, 0.05) is 5.56 Å². The molecule has 88 valence electrons. The molecule has 0 spiro atoms. The molecule has 2 heteroatoms. The highest BCUT2D eigenvalue weighted by Crippen LogP contribution is 2.21. The molecule has 0 fully saturated rings. The third-order valence-electron chi connectivity index (χ3n) is 3.19. The van der Waals surface area contributed by atoms with E-state index in [0.29, 0.717) is 12.0 Å². The first-order valence-electron chi connectivity index (χ1n) is 5.80. The summed E-state index contributed by atoms with van der Waals surface area (Å²) in [5.74, 6) is -0.217. The number of ketones is 1. The minimum absolute atomic E-state index is 0.217. The van der Waals surface area contributed by atoms with Crippen LogP contribution in [-0.4, -0.2) is 16.5 Å². The number of hydrogen-bond donors (Lipinski definition) is 1. The van der Waals surface area contributed by atoms with Crippen molar-refractivity contribution in [2.45, 2.75) is 25.9 Å². The average Bonchev–Trinajstić information content (AvgIpc) is 2.37. The van der Waals surface area contributed by atoms with Crippen LogP contribution in [-0.2, 0) is 0 Å². The van der Waals surface area contributed by atoms with Crippen LogP contribution in [0.3, 0.4) is 0 Å². The van der Waals surface area contributed by atoms with E-state index in [9.17, 15) is 9.90 Å². The number of carbonyl (C=O) groups excluding carboxylic acids is 1. The Bertz CT molecular complexity index is 556. The minimum Gasteiger partial charge on any atom is -0.382 e. The molecule has 0 aromatic heterocycles. The van der Waals surface area contributed by atoms with Crippen molar-refractivity contribution in [1.82, 2.24) is 0 Å². The summed E-state index contributed by atoms with van der Waals surface area (Å²) < 4.78 is 0. The van der Waals surface area contributed by atoms with Crippen molar-refractivity contribution in [3.8, 4) is 0 Å². The Morgan fingerprint density at radius 2 is 1.82 bits per heavy atom. The summed E-state index contributed by atoms with van der Waals surface area (Å²) in [6, 6.07) is 13.4. The molecule has 0 aliphatic carbocycles. The maximum absolute atomic E-state index is 12.1. The molecule has 1 N–H and O–H groups in total. The van der Waals surface area contributed by atoms with Crippen LogP contribution < -0.4 is 0 Å². The van der Waals surface area contributed by atoms with E-state index in [1.54, 1.807) is 19.9 Å². The highest BCUT2D eigenvalue weighted by molar-refractivity contribution is 6.04. The van der Waals surface area contributed by atoms with Crippen LogP contribution in [0, 0.1) is 0 Å². The molecule has 0 aliphatic heterocycles. The molecular formula is C15H16O2. The fraction of sp³-hybridized carbons (Fsp3) is 0.267. The molecule has 0 saturated heterocycles. The first-order valence-corrected chi connectivity index (χ1v) is 5.80. The predicted octanol–water partition coefficient (Wildman–Crippen LogP) is 3.18. The van der Waals surface area contributed by atoms with Crippen molar-refractivity contribution in [3.63, 3.8) is 0 Å². The van der Waals surface area contributed by atoms with E-state index in [0.717, 1.165) is 10.8 Å². The van der Waals surface area contributed by atoms with Gasteiger partial charge in [0.2, 0.25) is 0 Å². The number of hydrogen-bond acceptors (Lipinski definition) is 2. The van der Waals surface area contributed by atoms with E-state index in [2.05, 4.69) is 0 Å². The van der Waals surface area contributed by atoms with Gasteiger partial charge in [-0.2, -0.15) is 0 Å². The molecule has 2 aromatic carbocycles. The average molecular weight is 228 g/mol. The zero-order valence-corrected chi connectivity index (χ0v) is 10.1. The predicted molar refractivity (Wildman–Crippen MR) is 69.2 cm³/mol. The zero-order chi connectivity index (χ0) is 12.5. The fourth-order valence-electron chi connectivity index (χ4n) is 1.80. The van der Waals surface area contributed by atoms with Gasteiger partial charge in [-0.1, -0.05) is 43.3 Å². The number of carbonyl (C=O) groups is 1. The monoisotopic (exact) mass is 228 g/mol. The summed E-state index contributed by atoms with van der Waals surface area (Å²) in [6.07, 6.45) is 0.415. The Kier molecular flexibility index (Phi) is 2.99. The molecule has 17 heavy (non-hydrogen) atoms. The first-order chi connectivity index (χ1) is 8.04. The Morgan fingerprint density at radius 1 is 1.18 bits per heavy atom. The molecule has 2 rings (SSSR count). The Labute approximate surface area is 101 Å². The van der Waals surface area contributed by atoms with Crippen molar-refractivity contribution in [2.24, 2.45) is 0 Å². The molecule has 2 aromatic rings. The molecular weight excluding hydrogens is 212 g/mol. The number of rotatable bonds is 3. The van der Waals surface area contributed by atoms with E-state index in [4.69, 9.17) is 0 Å². The highest BCUT2D eigenvalue weighted by Gasteiger charge is 2.28. The van der Waals surface area contributed by atoms with Crippen LogP contribution in [0.15, 0.2) is 42.5 Å². The second kappa shape index (κ2) is 4.30. The molecule has 2 nitrogen and oxygen atoms in total. The smallest absolute Gasteiger partial charge is 0.194 e. The second-order valence-corrected chi connectivity index (χ2v) is 4.52. The van der Waals surface area contributed by atoms with Gasteiger partial charge in [0.05, 0.1) is 0 Å². The summed E-state index contributed by atoms with van der Waals surface area (Å²) in [7, 11) is 0. The number of benzene rings is 2. The van der Waals surface area contributed by atoms with Crippen molar-refractivity contribution in [2.75, 3.05) is 0 Å². The van der Waals surface area contributed by atoms with E-state index < -0.39 is 5.60 Å². The van der Waals surface area contributed by atoms with Gasteiger partial charge >= 0.3 is 0 Å². The van der Waals surface area contributed by atoms with Crippen LogP contribution in [0.4, 0.5) is 0 Å². The van der Waals surface area contributed by atoms with E-state index in [-0.39, 0.29) is 5.78 Å². The Balaban J connectivity index is 2.47. The largest absolute Gasteiger partial charge is 0.382 e. The van der Waals surface area contributed by atoms with Crippen molar-refractivity contribution in [1.29, 1.82) is 0 Å². The van der Waals surface area contributed by atoms with Crippen LogP contribution in [0.1, 0.15) is 30.6 Å². The normalized spacial score (nSPS) is 14.5. The van der Waals surface area contributed by atoms with Crippen molar-refractivity contribution >= 4 is 16.6 Å². The molecule has 0 amide bonds. The molecule has 0 radical (unpaired) electrons. The number of Topliss-reactive ketones (excluding diaryl/α,β-unsaturated/α-hetero) is 1. The summed E-state index contributed by atoms with van der Waals surface area (Å²) >= 11 is 0. The lowest BCUT2D eigenvalue weighted by atomic mass is 9.91. The van der Waals surface area contributed by atoms with Crippen molar-refractivity contribution < 1.29 is 9.90 Å². The quantitative estimate of drug-likeness (QED) is 0.819. The van der Waals surface area contributed by atoms with Crippen LogP contribution in [0.2, 0.25) is 0 Å². The Hall–Kier alpha value is -1.67. The molecule has 0 heterocycles. The van der Waals surface area contributed by atoms with Crippen LogP contribution >= 0.6 is 0 Å². The van der Waals surface area contributed by atoms with Crippen molar-refractivity contribution in [3.05, 3.63) is 48.0 Å². The standard InChI is InChI=1S/C15H16O2/c1-3-15(2,17)14(16)13-9-8-11-6-4-5-7-12(11)10-13/h4-10,17H,3H2,1-2H3. The molecule has 0 saturated carbocycles. The topological polar surface area (TPSA) is 37.3 Å². The van der Waals surface area contributed by atoms with Gasteiger partial charge in [-0.25, -0.2) is 0 Å².